The highest BCUT2D eigenvalue weighted by Gasteiger charge is 2.31. The number of carbonyl (C=O) groups excluding carboxylic acids is 1. The molecular weight excluding hydrogens is 304 g/mol. The predicted molar refractivity (Wildman–Crippen MR) is 91.2 cm³/mol. The van der Waals surface area contributed by atoms with Gasteiger partial charge in [-0.15, -0.1) is 0 Å². The number of nitrogens with zero attached hydrogens (tertiary/aromatic N) is 2. The number of rotatable bonds is 5. The van der Waals surface area contributed by atoms with E-state index >= 15 is 0 Å². The quantitative estimate of drug-likeness (QED) is 0.882. The fourth-order valence-corrected chi connectivity index (χ4v) is 3.32. The van der Waals surface area contributed by atoms with Gasteiger partial charge in [-0.1, -0.05) is 19.0 Å². The van der Waals surface area contributed by atoms with Crippen LogP contribution < -0.4 is 10.6 Å². The van der Waals surface area contributed by atoms with Crippen molar-refractivity contribution in [2.24, 2.45) is 5.92 Å². The van der Waals surface area contributed by atoms with Gasteiger partial charge in [-0.2, -0.15) is 0 Å². The van der Waals surface area contributed by atoms with E-state index in [-0.39, 0.29) is 11.8 Å². The van der Waals surface area contributed by atoms with Crippen LogP contribution in [0.25, 0.3) is 11.1 Å². The van der Waals surface area contributed by atoms with Gasteiger partial charge in [0.1, 0.15) is 0 Å². The van der Waals surface area contributed by atoms with Gasteiger partial charge in [-0.3, -0.25) is 4.79 Å². The van der Waals surface area contributed by atoms with Crippen LogP contribution >= 0.6 is 0 Å². The van der Waals surface area contributed by atoms with Crippen LogP contribution in [0.1, 0.15) is 66.7 Å². The predicted octanol–water partition coefficient (Wildman–Crippen LogP) is 2.56. The van der Waals surface area contributed by atoms with Crippen molar-refractivity contribution < 1.29 is 9.32 Å². The number of hydrogen-bond donors (Lipinski definition) is 2. The summed E-state index contributed by atoms with van der Waals surface area (Å²) in [7, 11) is 0. The molecule has 2 aromatic heterocycles. The van der Waals surface area contributed by atoms with Crippen molar-refractivity contribution in [2.75, 3.05) is 19.6 Å². The lowest BCUT2D eigenvalue weighted by molar-refractivity contribution is 0.0950. The van der Waals surface area contributed by atoms with Crippen molar-refractivity contribution in [3.8, 4) is 0 Å². The number of amides is 1. The lowest BCUT2D eigenvalue weighted by Crippen LogP contribution is -2.27. The normalized spacial score (nSPS) is 20.9. The van der Waals surface area contributed by atoms with E-state index in [9.17, 15) is 4.79 Å². The molecule has 0 bridgehead atoms. The Balaban J connectivity index is 1.77. The molecular formula is C18H24N4O2. The zero-order valence-corrected chi connectivity index (χ0v) is 14.3. The Kier molecular flexibility index (Phi) is 4.00. The topological polar surface area (TPSA) is 80.1 Å². The summed E-state index contributed by atoms with van der Waals surface area (Å²) in [5.41, 5.74) is 3.02. The minimum absolute atomic E-state index is 0.0478. The van der Waals surface area contributed by atoms with Gasteiger partial charge in [-0.05, 0) is 37.8 Å². The molecule has 2 aliphatic rings. The Morgan fingerprint density at radius 1 is 1.38 bits per heavy atom. The zero-order chi connectivity index (χ0) is 16.7. The van der Waals surface area contributed by atoms with E-state index in [2.05, 4.69) is 34.6 Å². The molecule has 1 atom stereocenters. The lowest BCUT2D eigenvalue weighted by atomic mass is 9.98. The molecule has 0 spiro atoms. The molecule has 1 saturated heterocycles. The third kappa shape index (κ3) is 2.90. The first kappa shape index (κ1) is 15.6. The fourth-order valence-electron chi connectivity index (χ4n) is 3.32. The molecule has 6 nitrogen and oxygen atoms in total. The molecule has 1 saturated carbocycles. The molecule has 0 aromatic carbocycles. The highest BCUT2D eigenvalue weighted by atomic mass is 16.5. The number of pyridine rings is 1. The van der Waals surface area contributed by atoms with E-state index < -0.39 is 0 Å². The van der Waals surface area contributed by atoms with Gasteiger partial charge in [-0.25, -0.2) is 4.98 Å². The number of nitrogens with one attached hydrogen (secondary N) is 2. The molecule has 2 fully saturated rings. The maximum Gasteiger partial charge on any atom is 0.259 e. The first-order chi connectivity index (χ1) is 11.6. The summed E-state index contributed by atoms with van der Waals surface area (Å²) in [5.74, 6) is 1.12. The third-order valence-corrected chi connectivity index (χ3v) is 4.85. The van der Waals surface area contributed by atoms with Crippen molar-refractivity contribution in [2.45, 2.75) is 44.9 Å². The van der Waals surface area contributed by atoms with E-state index in [0.717, 1.165) is 49.1 Å². The second kappa shape index (κ2) is 6.16. The minimum atomic E-state index is -0.0478. The van der Waals surface area contributed by atoms with E-state index in [1.54, 1.807) is 0 Å². The van der Waals surface area contributed by atoms with Crippen molar-refractivity contribution in [3.63, 3.8) is 0 Å². The largest absolute Gasteiger partial charge is 0.352 e. The van der Waals surface area contributed by atoms with Gasteiger partial charge in [0.2, 0.25) is 0 Å². The van der Waals surface area contributed by atoms with E-state index in [0.29, 0.717) is 29.7 Å². The SMILES string of the molecule is CC(C)CNC(=O)c1cc(C2CC2)nc2onc(C3CCNC3)c12. The number of hydrogen-bond acceptors (Lipinski definition) is 5. The van der Waals surface area contributed by atoms with Crippen LogP contribution in [-0.4, -0.2) is 35.7 Å². The molecule has 1 amide bonds. The maximum atomic E-state index is 12.8. The average molecular weight is 328 g/mol. The minimum Gasteiger partial charge on any atom is -0.352 e. The van der Waals surface area contributed by atoms with E-state index in [4.69, 9.17) is 4.52 Å². The molecule has 1 aliphatic heterocycles. The molecule has 1 unspecified atom stereocenters. The Bertz CT molecular complexity index is 758. The fraction of sp³-hybridized carbons (Fsp3) is 0.611. The monoisotopic (exact) mass is 328 g/mol. The molecule has 24 heavy (non-hydrogen) atoms. The first-order valence-electron chi connectivity index (χ1n) is 8.92. The summed E-state index contributed by atoms with van der Waals surface area (Å²) in [6.45, 7) is 6.69. The van der Waals surface area contributed by atoms with Gasteiger partial charge in [0.05, 0.1) is 16.6 Å². The van der Waals surface area contributed by atoms with Crippen molar-refractivity contribution in [1.29, 1.82) is 0 Å². The van der Waals surface area contributed by atoms with Gasteiger partial charge >= 0.3 is 0 Å². The van der Waals surface area contributed by atoms with Crippen molar-refractivity contribution in [3.05, 3.63) is 23.0 Å². The summed E-state index contributed by atoms with van der Waals surface area (Å²) < 4.78 is 5.53. The Labute approximate surface area is 141 Å². The zero-order valence-electron chi connectivity index (χ0n) is 14.3. The average Bonchev–Trinajstić information content (AvgIpc) is 3.11. The lowest BCUT2D eigenvalue weighted by Gasteiger charge is -2.11. The van der Waals surface area contributed by atoms with Crippen molar-refractivity contribution in [1.82, 2.24) is 20.8 Å². The molecule has 6 heteroatoms. The molecule has 3 heterocycles. The van der Waals surface area contributed by atoms with Crippen LogP contribution in [0.3, 0.4) is 0 Å². The first-order valence-corrected chi connectivity index (χ1v) is 8.92. The Morgan fingerprint density at radius 2 is 2.21 bits per heavy atom. The molecule has 128 valence electrons. The van der Waals surface area contributed by atoms with Gasteiger partial charge < -0.3 is 15.2 Å². The summed E-state index contributed by atoms with van der Waals surface area (Å²) in [4.78, 5) is 17.4. The van der Waals surface area contributed by atoms with Crippen LogP contribution in [-0.2, 0) is 0 Å². The molecule has 1 aliphatic carbocycles. The van der Waals surface area contributed by atoms with Gasteiger partial charge in [0.25, 0.3) is 11.6 Å². The van der Waals surface area contributed by atoms with Gasteiger partial charge in [0, 0.05) is 30.6 Å². The van der Waals surface area contributed by atoms with Crippen LogP contribution in [0.15, 0.2) is 10.6 Å². The summed E-state index contributed by atoms with van der Waals surface area (Å²) in [6.07, 6.45) is 3.29. The van der Waals surface area contributed by atoms with Crippen LogP contribution in [0.5, 0.6) is 0 Å². The third-order valence-electron chi connectivity index (χ3n) is 4.85. The molecule has 4 rings (SSSR count). The van der Waals surface area contributed by atoms with Crippen LogP contribution in [0.2, 0.25) is 0 Å². The summed E-state index contributed by atoms with van der Waals surface area (Å²) >= 11 is 0. The number of carbonyl (C=O) groups is 1. The summed E-state index contributed by atoms with van der Waals surface area (Å²) in [5, 5.41) is 11.5. The molecule has 2 N–H and O–H groups in total. The van der Waals surface area contributed by atoms with Crippen LogP contribution in [0.4, 0.5) is 0 Å². The van der Waals surface area contributed by atoms with Gasteiger partial charge in [0.15, 0.2) is 0 Å². The molecule has 0 radical (unpaired) electrons. The van der Waals surface area contributed by atoms with E-state index in [1.165, 1.54) is 0 Å². The maximum absolute atomic E-state index is 12.8. The van der Waals surface area contributed by atoms with Crippen LogP contribution in [0, 0.1) is 5.92 Å². The Morgan fingerprint density at radius 3 is 2.88 bits per heavy atom. The highest BCUT2D eigenvalue weighted by molar-refractivity contribution is 6.06. The molecule has 2 aromatic rings. The van der Waals surface area contributed by atoms with E-state index in [1.807, 2.05) is 6.07 Å². The number of fused-ring (bicyclic) bond motifs is 1. The highest BCUT2D eigenvalue weighted by Crippen LogP contribution is 2.41. The second-order valence-corrected chi connectivity index (χ2v) is 7.41. The number of aromatic nitrogens is 2. The Hall–Kier alpha value is -1.95. The summed E-state index contributed by atoms with van der Waals surface area (Å²) in [6, 6.07) is 1.96. The smallest absolute Gasteiger partial charge is 0.259 e. The van der Waals surface area contributed by atoms with Crippen molar-refractivity contribution >= 4 is 17.0 Å². The second-order valence-electron chi connectivity index (χ2n) is 7.41. The standard InChI is InChI=1S/C18H24N4O2/c1-10(2)8-20-17(23)13-7-14(11-3-4-11)21-18-15(13)16(22-24-18)12-5-6-19-9-12/h7,10-12,19H,3-6,8-9H2,1-2H3,(H,20,23).